The highest BCUT2D eigenvalue weighted by atomic mass is 16.5. The van der Waals surface area contributed by atoms with Gasteiger partial charge in [-0.1, -0.05) is 29.8 Å². The molecule has 0 aliphatic rings. The van der Waals surface area contributed by atoms with E-state index in [0.29, 0.717) is 5.56 Å². The molecule has 0 radical (unpaired) electrons. The fourth-order valence-corrected chi connectivity index (χ4v) is 2.30. The number of hydrogen-bond acceptors (Lipinski definition) is 6. The summed E-state index contributed by atoms with van der Waals surface area (Å²) in [4.78, 5) is 47.3. The molecule has 8 nitrogen and oxygen atoms in total. The van der Waals surface area contributed by atoms with E-state index in [1.54, 1.807) is 30.3 Å². The molecule has 0 atom stereocenters. The van der Waals surface area contributed by atoms with Gasteiger partial charge in [0.15, 0.2) is 6.61 Å². The van der Waals surface area contributed by atoms with Crippen LogP contribution in [-0.2, 0) is 19.1 Å². The number of benzene rings is 2. The number of methoxy groups -OCH3 is 1. The summed E-state index contributed by atoms with van der Waals surface area (Å²) >= 11 is 0. The zero-order valence-electron chi connectivity index (χ0n) is 15.5. The molecule has 0 bridgehead atoms. The van der Waals surface area contributed by atoms with Crippen LogP contribution in [0.1, 0.15) is 26.3 Å². The number of anilines is 1. The monoisotopic (exact) mass is 384 g/mol. The molecule has 0 saturated carbocycles. The summed E-state index contributed by atoms with van der Waals surface area (Å²) in [5.74, 6) is -2.42. The van der Waals surface area contributed by atoms with Crippen LogP contribution in [0.15, 0.2) is 48.5 Å². The summed E-state index contributed by atoms with van der Waals surface area (Å²) in [7, 11) is 1.23. The van der Waals surface area contributed by atoms with Crippen molar-refractivity contribution in [3.8, 4) is 0 Å². The first-order chi connectivity index (χ1) is 13.4. The van der Waals surface area contributed by atoms with Gasteiger partial charge in [-0.2, -0.15) is 0 Å². The third-order valence-corrected chi connectivity index (χ3v) is 3.64. The number of carbonyl (C=O) groups is 4. The molecule has 0 aromatic heterocycles. The van der Waals surface area contributed by atoms with Crippen molar-refractivity contribution < 1.29 is 28.7 Å². The predicted molar refractivity (Wildman–Crippen MR) is 101 cm³/mol. The summed E-state index contributed by atoms with van der Waals surface area (Å²) in [5.41, 5.74) is 1.75. The molecular formula is C20H20N2O6. The van der Waals surface area contributed by atoms with Gasteiger partial charge in [0, 0.05) is 5.56 Å². The van der Waals surface area contributed by atoms with Crippen LogP contribution >= 0.6 is 0 Å². The van der Waals surface area contributed by atoms with E-state index in [1.165, 1.54) is 19.2 Å². The fourth-order valence-electron chi connectivity index (χ4n) is 2.30. The van der Waals surface area contributed by atoms with E-state index in [1.807, 2.05) is 13.0 Å². The van der Waals surface area contributed by atoms with Gasteiger partial charge in [-0.25, -0.2) is 4.79 Å². The summed E-state index contributed by atoms with van der Waals surface area (Å²) < 4.78 is 9.47. The molecular weight excluding hydrogens is 364 g/mol. The Labute approximate surface area is 161 Å². The third kappa shape index (κ3) is 5.94. The first kappa shape index (κ1) is 20.6. The Bertz CT molecular complexity index is 894. The number of nitrogens with one attached hydrogen (secondary N) is 2. The highest BCUT2D eigenvalue weighted by Gasteiger charge is 2.15. The minimum absolute atomic E-state index is 0.176. The number of esters is 2. The van der Waals surface area contributed by atoms with E-state index in [-0.39, 0.29) is 17.8 Å². The molecule has 2 aromatic rings. The van der Waals surface area contributed by atoms with Crippen molar-refractivity contribution in [3.63, 3.8) is 0 Å². The molecule has 0 unspecified atom stereocenters. The third-order valence-electron chi connectivity index (χ3n) is 3.64. The summed E-state index contributed by atoms with van der Waals surface area (Å²) in [6.45, 7) is 0.912. The van der Waals surface area contributed by atoms with E-state index < -0.39 is 30.4 Å². The predicted octanol–water partition coefficient (Wildman–Crippen LogP) is 1.69. The van der Waals surface area contributed by atoms with Crippen LogP contribution < -0.4 is 10.6 Å². The Morgan fingerprint density at radius 3 is 2.46 bits per heavy atom. The average molecular weight is 384 g/mol. The molecule has 2 N–H and O–H groups in total. The molecule has 0 aliphatic heterocycles. The molecule has 0 spiro atoms. The zero-order chi connectivity index (χ0) is 20.5. The normalized spacial score (nSPS) is 9.93. The Balaban J connectivity index is 1.81. The molecule has 2 aromatic carbocycles. The van der Waals surface area contributed by atoms with Crippen LogP contribution in [-0.4, -0.2) is 44.0 Å². The molecule has 2 amide bonds. The lowest BCUT2D eigenvalue weighted by molar-refractivity contribution is -0.146. The van der Waals surface area contributed by atoms with Gasteiger partial charge >= 0.3 is 11.9 Å². The standard InChI is InChI=1S/C20H20N2O6/c1-13-6-5-7-14(10-13)19(25)21-11-18(24)28-12-17(23)22-16-9-4-3-8-15(16)20(26)27-2/h3-10H,11-12H2,1-2H3,(H,21,25)(H,22,23). The van der Waals surface area contributed by atoms with E-state index in [0.717, 1.165) is 5.56 Å². The van der Waals surface area contributed by atoms with Gasteiger partial charge in [-0.15, -0.1) is 0 Å². The second kappa shape index (κ2) is 9.86. The zero-order valence-corrected chi connectivity index (χ0v) is 15.5. The Morgan fingerprint density at radius 1 is 1.00 bits per heavy atom. The van der Waals surface area contributed by atoms with Gasteiger partial charge in [0.05, 0.1) is 18.4 Å². The summed E-state index contributed by atoms with van der Waals surface area (Å²) in [6, 6.07) is 13.2. The number of hydrogen-bond donors (Lipinski definition) is 2. The minimum atomic E-state index is -0.766. The van der Waals surface area contributed by atoms with Crippen LogP contribution in [0.25, 0.3) is 0 Å². The van der Waals surface area contributed by atoms with Crippen LogP contribution in [0.5, 0.6) is 0 Å². The van der Waals surface area contributed by atoms with E-state index in [4.69, 9.17) is 4.74 Å². The van der Waals surface area contributed by atoms with Crippen molar-refractivity contribution in [1.82, 2.24) is 5.32 Å². The van der Waals surface area contributed by atoms with Crippen molar-refractivity contribution in [2.24, 2.45) is 0 Å². The average Bonchev–Trinajstić information content (AvgIpc) is 2.70. The van der Waals surface area contributed by atoms with Gasteiger partial charge < -0.3 is 20.1 Å². The van der Waals surface area contributed by atoms with Crippen molar-refractivity contribution in [2.45, 2.75) is 6.92 Å². The van der Waals surface area contributed by atoms with E-state index >= 15 is 0 Å². The Kier molecular flexibility index (Phi) is 7.27. The molecule has 146 valence electrons. The van der Waals surface area contributed by atoms with Crippen molar-refractivity contribution in [2.75, 3.05) is 25.6 Å². The molecule has 2 rings (SSSR count). The van der Waals surface area contributed by atoms with Gasteiger partial charge in [0.25, 0.3) is 11.8 Å². The number of aryl methyl sites for hydroxylation is 1. The largest absolute Gasteiger partial charge is 0.465 e. The van der Waals surface area contributed by atoms with E-state index in [9.17, 15) is 19.2 Å². The smallest absolute Gasteiger partial charge is 0.339 e. The first-order valence-electron chi connectivity index (χ1n) is 8.38. The quantitative estimate of drug-likeness (QED) is 0.703. The van der Waals surface area contributed by atoms with Crippen molar-refractivity contribution in [1.29, 1.82) is 0 Å². The lowest BCUT2D eigenvalue weighted by Crippen LogP contribution is -2.32. The molecule has 0 heterocycles. The molecule has 8 heteroatoms. The number of ether oxygens (including phenoxy) is 2. The first-order valence-corrected chi connectivity index (χ1v) is 8.38. The lowest BCUT2D eigenvalue weighted by atomic mass is 10.1. The van der Waals surface area contributed by atoms with Crippen LogP contribution in [0.4, 0.5) is 5.69 Å². The number of amides is 2. The SMILES string of the molecule is COC(=O)c1ccccc1NC(=O)COC(=O)CNC(=O)c1cccc(C)c1. The number of para-hydroxylation sites is 1. The molecule has 0 saturated heterocycles. The van der Waals surface area contributed by atoms with Crippen molar-refractivity contribution >= 4 is 29.4 Å². The maximum atomic E-state index is 12.0. The topological polar surface area (TPSA) is 111 Å². The summed E-state index contributed by atoms with van der Waals surface area (Å²) in [5, 5.41) is 4.90. The highest BCUT2D eigenvalue weighted by Crippen LogP contribution is 2.15. The van der Waals surface area contributed by atoms with Gasteiger partial charge in [0.2, 0.25) is 0 Å². The second-order valence-corrected chi connectivity index (χ2v) is 5.80. The maximum Gasteiger partial charge on any atom is 0.339 e. The van der Waals surface area contributed by atoms with Crippen LogP contribution in [0.2, 0.25) is 0 Å². The van der Waals surface area contributed by atoms with Gasteiger partial charge in [-0.3, -0.25) is 14.4 Å². The second-order valence-electron chi connectivity index (χ2n) is 5.80. The van der Waals surface area contributed by atoms with Crippen molar-refractivity contribution in [3.05, 3.63) is 65.2 Å². The summed E-state index contributed by atoms with van der Waals surface area (Å²) in [6.07, 6.45) is 0. The van der Waals surface area contributed by atoms with Gasteiger partial charge in [-0.05, 0) is 31.2 Å². The minimum Gasteiger partial charge on any atom is -0.465 e. The molecule has 0 fully saturated rings. The van der Waals surface area contributed by atoms with E-state index in [2.05, 4.69) is 15.4 Å². The fraction of sp³-hybridized carbons (Fsp3) is 0.200. The highest BCUT2D eigenvalue weighted by molar-refractivity contribution is 6.02. The molecule has 0 aliphatic carbocycles. The Morgan fingerprint density at radius 2 is 1.75 bits per heavy atom. The van der Waals surface area contributed by atoms with Crippen LogP contribution in [0.3, 0.4) is 0 Å². The number of rotatable bonds is 7. The maximum absolute atomic E-state index is 12.0. The van der Waals surface area contributed by atoms with Crippen LogP contribution in [0, 0.1) is 6.92 Å². The van der Waals surface area contributed by atoms with Gasteiger partial charge in [0.1, 0.15) is 6.54 Å². The Hall–Kier alpha value is -3.68. The number of carbonyl (C=O) groups excluding carboxylic acids is 4. The lowest BCUT2D eigenvalue weighted by Gasteiger charge is -2.10. The molecule has 28 heavy (non-hydrogen) atoms.